The van der Waals surface area contributed by atoms with Crippen LogP contribution in [0.5, 0.6) is 0 Å². The SMILES string of the molecule is N[C@H](CCCCNC(=O)CN(CC(=O)NCCCCCC(=O)N(CCO[C@H]1O[C@H](CO)[C@@H](O)[C@H](O)[C@@H]1O)CCO[C@H]1O[C@H](CO)[C@@H](O)[C@H](O)[C@@H]1O)CC(=O)NCCCCCC(=O)N(CCO[C@H]1O[C@H](CO)[C@@H](O)[C@H](O)[C@@H]1O)CCO[C@H]1O[C@H](CO)[C@@H](O)[C@H](O)[C@@H]1O)C(=O)NCCCCCC(=O)O. The molecule has 21 atom stereocenters. The first-order valence-corrected chi connectivity index (χ1v) is 34.7. The normalized spacial score (nSPS) is 29.9. The zero-order chi connectivity index (χ0) is 75.4. The smallest absolute Gasteiger partial charge is 0.303 e. The summed E-state index contributed by atoms with van der Waals surface area (Å²) in [6.07, 6.45) is -26.5. The lowest BCUT2D eigenvalue weighted by molar-refractivity contribution is -0.303. The Morgan fingerprint density at radius 3 is 0.922 bits per heavy atom. The van der Waals surface area contributed by atoms with Crippen molar-refractivity contribution in [1.29, 1.82) is 0 Å². The molecule has 40 nitrogen and oxygen atoms in total. The van der Waals surface area contributed by atoms with Crippen LogP contribution in [0.25, 0.3) is 0 Å². The van der Waals surface area contributed by atoms with E-state index in [0.717, 1.165) is 0 Å². The number of nitrogens with zero attached hydrogens (tertiary/aromatic N) is 3. The van der Waals surface area contributed by atoms with Gasteiger partial charge in [0.05, 0.1) is 78.5 Å². The number of unbranched alkanes of at least 4 members (excludes halogenated alkanes) is 7. The number of aliphatic hydroxyl groups excluding tert-OH is 16. The number of amides is 6. The highest BCUT2D eigenvalue weighted by molar-refractivity contribution is 5.84. The molecule has 0 saturated carbocycles. The van der Waals surface area contributed by atoms with Gasteiger partial charge in [-0.25, -0.2) is 0 Å². The lowest BCUT2D eigenvalue weighted by Crippen LogP contribution is -2.59. The first-order valence-electron chi connectivity index (χ1n) is 34.7. The van der Waals surface area contributed by atoms with Gasteiger partial charge >= 0.3 is 5.97 Å². The van der Waals surface area contributed by atoms with Gasteiger partial charge in [0.15, 0.2) is 25.2 Å². The van der Waals surface area contributed by atoms with Crippen molar-refractivity contribution >= 4 is 41.4 Å². The third-order valence-electron chi connectivity index (χ3n) is 17.5. The van der Waals surface area contributed by atoms with Gasteiger partial charge < -0.3 is 162 Å². The van der Waals surface area contributed by atoms with Crippen LogP contribution in [-0.4, -0.2) is 397 Å². The molecular weight excluding hydrogens is 1370 g/mol. The number of carboxylic acid groups (broad SMARTS) is 1. The second-order valence-electron chi connectivity index (χ2n) is 25.4. The molecule has 4 heterocycles. The fourth-order valence-electron chi connectivity index (χ4n) is 11.3. The van der Waals surface area contributed by atoms with Crippen molar-refractivity contribution in [2.75, 3.05) is 125 Å². The Bertz CT molecular complexity index is 2220. The van der Waals surface area contributed by atoms with Gasteiger partial charge in [-0.15, -0.1) is 0 Å². The molecule has 0 radical (unpaired) electrons. The van der Waals surface area contributed by atoms with Crippen molar-refractivity contribution in [2.45, 2.75) is 225 Å². The van der Waals surface area contributed by atoms with Crippen LogP contribution < -0.4 is 27.0 Å². The monoisotopic (exact) mass is 1480 g/mol. The van der Waals surface area contributed by atoms with Gasteiger partial charge in [0.2, 0.25) is 35.4 Å². The molecule has 0 aromatic carbocycles. The topological polar surface area (TPSA) is 621 Å². The van der Waals surface area contributed by atoms with E-state index >= 15 is 0 Å². The molecule has 0 spiro atoms. The fraction of sp³-hybridized carbons (Fsp3) is 0.887. The summed E-state index contributed by atoms with van der Waals surface area (Å²) in [5.74, 6) is -3.76. The Hall–Kier alpha value is -4.75. The molecule has 0 unspecified atom stereocenters. The average Bonchev–Trinajstić information content (AvgIpc) is 0.840. The third kappa shape index (κ3) is 30.6. The summed E-state index contributed by atoms with van der Waals surface area (Å²) in [5.41, 5.74) is 6.06. The van der Waals surface area contributed by atoms with E-state index in [1.54, 1.807) is 0 Å². The predicted octanol–water partition coefficient (Wildman–Crippen LogP) is -11.1. The molecule has 4 aliphatic heterocycles. The second-order valence-corrected chi connectivity index (χ2v) is 25.4. The van der Waals surface area contributed by atoms with Crippen LogP contribution in [0.2, 0.25) is 0 Å². The van der Waals surface area contributed by atoms with Crippen LogP contribution in [0.15, 0.2) is 0 Å². The Kier molecular flexibility index (Phi) is 42.6. The van der Waals surface area contributed by atoms with Gasteiger partial charge in [-0.05, 0) is 57.8 Å². The van der Waals surface area contributed by atoms with Crippen molar-refractivity contribution in [3.8, 4) is 0 Å². The molecule has 0 aromatic rings. The number of hydrogen-bond acceptors (Lipinski definition) is 33. The summed E-state index contributed by atoms with van der Waals surface area (Å²) < 4.78 is 44.0. The molecule has 4 saturated heterocycles. The van der Waals surface area contributed by atoms with Gasteiger partial charge in [-0.3, -0.25) is 38.5 Å². The molecule has 102 heavy (non-hydrogen) atoms. The maximum absolute atomic E-state index is 13.6. The summed E-state index contributed by atoms with van der Waals surface area (Å²) in [4.78, 5) is 94.5. The van der Waals surface area contributed by atoms with Crippen LogP contribution in [0.1, 0.15) is 96.3 Å². The van der Waals surface area contributed by atoms with Crippen molar-refractivity contribution < 1.29 is 158 Å². The van der Waals surface area contributed by atoms with Gasteiger partial charge in [0.25, 0.3) is 0 Å². The fourth-order valence-corrected chi connectivity index (χ4v) is 11.3. The van der Waals surface area contributed by atoms with E-state index in [1.165, 1.54) is 14.7 Å². The molecule has 4 fully saturated rings. The maximum Gasteiger partial charge on any atom is 0.303 e. The minimum Gasteiger partial charge on any atom is -0.481 e. The van der Waals surface area contributed by atoms with E-state index in [1.807, 2.05) is 0 Å². The van der Waals surface area contributed by atoms with E-state index in [4.69, 9.17) is 48.7 Å². The largest absolute Gasteiger partial charge is 0.481 e. The van der Waals surface area contributed by atoms with Crippen molar-refractivity contribution in [2.24, 2.45) is 5.73 Å². The molecule has 0 bridgehead atoms. The maximum atomic E-state index is 13.6. The number of nitrogens with two attached hydrogens (primary N) is 1. The van der Waals surface area contributed by atoms with Crippen molar-refractivity contribution in [3.05, 3.63) is 0 Å². The molecule has 6 amide bonds. The van der Waals surface area contributed by atoms with E-state index in [9.17, 15) is 115 Å². The molecule has 592 valence electrons. The van der Waals surface area contributed by atoms with E-state index in [0.29, 0.717) is 83.6 Å². The Balaban J connectivity index is 1.30. The number of carbonyl (C=O) groups is 7. The summed E-state index contributed by atoms with van der Waals surface area (Å²) in [6.45, 7) is -5.14. The van der Waals surface area contributed by atoms with Crippen molar-refractivity contribution in [3.63, 3.8) is 0 Å². The number of carboxylic acids is 1. The number of hydrogen-bond donors (Lipinski definition) is 22. The lowest BCUT2D eigenvalue weighted by Gasteiger charge is -2.40. The predicted molar refractivity (Wildman–Crippen MR) is 345 cm³/mol. The summed E-state index contributed by atoms with van der Waals surface area (Å²) in [7, 11) is 0. The minimum absolute atomic E-state index is 0.0336. The second kappa shape index (κ2) is 48.5. The molecular formula is C62H112N8O32. The molecule has 0 aliphatic carbocycles. The zero-order valence-electron chi connectivity index (χ0n) is 57.3. The van der Waals surface area contributed by atoms with Crippen LogP contribution in [-0.2, 0) is 71.5 Å². The quantitative estimate of drug-likeness (QED) is 0.0252. The zero-order valence-corrected chi connectivity index (χ0v) is 57.3. The number of rotatable bonds is 50. The molecule has 23 N–H and O–H groups in total. The Morgan fingerprint density at radius 2 is 0.637 bits per heavy atom. The van der Waals surface area contributed by atoms with Gasteiger partial charge in [0, 0.05) is 71.6 Å². The van der Waals surface area contributed by atoms with Crippen LogP contribution >= 0.6 is 0 Å². The van der Waals surface area contributed by atoms with Crippen molar-refractivity contribution in [1.82, 2.24) is 36.0 Å². The molecule has 4 rings (SSSR count). The number of aliphatic carboxylic acids is 1. The summed E-state index contributed by atoms with van der Waals surface area (Å²) >= 11 is 0. The first kappa shape index (κ1) is 89.6. The summed E-state index contributed by atoms with van der Waals surface area (Å²) in [5, 5.41) is 181. The number of carbonyl (C=O) groups excluding carboxylic acids is 6. The standard InChI is InChI=1S/C62H112N8O32/c63-35(58(94)67-19-10-3-6-15-45(80)81)12-7-11-18-66-42(77)30-68(28-40(75)64-16-8-1-4-13-43(78)69(20-24-95-59-54(90)50(86)46(82)36(31-71)99-59)21-25-96-60-55(91)51(87)47(83)37(32-72)100-60)29-41(76)65-17-9-2-5-14-44(79)70(22-26-97-61-56(92)52(88)48(84)38(33-73)101-61)23-27-98-62-57(93)53(89)49(85)39(34-74)102-62/h35-39,46-57,59-62,71-74,82-93H,1-34,63H2,(H,64,75)(H,65,76)(H,66,77)(H,67,94)(H,80,81)/t35-,36-,37-,38-,39-,46-,47-,48-,49-,50+,51+,52+,53+,54+,55+,56+,57+,59+,60+,61+,62+/m1/s1. The third-order valence-corrected chi connectivity index (χ3v) is 17.5. The van der Waals surface area contributed by atoms with Gasteiger partial charge in [-0.2, -0.15) is 0 Å². The van der Waals surface area contributed by atoms with Crippen LogP contribution in [0, 0.1) is 0 Å². The molecule has 0 aromatic heterocycles. The van der Waals surface area contributed by atoms with E-state index in [-0.39, 0.29) is 97.4 Å². The van der Waals surface area contributed by atoms with E-state index in [2.05, 4.69) is 21.3 Å². The highest BCUT2D eigenvalue weighted by Crippen LogP contribution is 2.26. The number of ether oxygens (including phenoxy) is 8. The molecule has 40 heteroatoms. The summed E-state index contributed by atoms with van der Waals surface area (Å²) in [6, 6.07) is -0.821. The average molecular weight is 1480 g/mol. The van der Waals surface area contributed by atoms with Crippen LogP contribution in [0.3, 0.4) is 0 Å². The first-order chi connectivity index (χ1) is 48.7. The number of aliphatic hydroxyl groups is 16. The highest BCUT2D eigenvalue weighted by Gasteiger charge is 2.48. The lowest BCUT2D eigenvalue weighted by atomic mass is 9.99. The van der Waals surface area contributed by atoms with E-state index < -0.39 is 210 Å². The number of nitrogens with one attached hydrogen (secondary N) is 4. The van der Waals surface area contributed by atoms with Gasteiger partial charge in [-0.1, -0.05) is 19.3 Å². The van der Waals surface area contributed by atoms with Crippen LogP contribution in [0.4, 0.5) is 0 Å². The van der Waals surface area contributed by atoms with Gasteiger partial charge in [0.1, 0.15) is 97.7 Å². The molecule has 4 aliphatic rings. The minimum atomic E-state index is -1.73. The highest BCUT2D eigenvalue weighted by atomic mass is 16.7. The Morgan fingerprint density at radius 1 is 0.363 bits per heavy atom. The Labute approximate surface area is 589 Å².